The fourth-order valence-corrected chi connectivity index (χ4v) is 3.93. The van der Waals surface area contributed by atoms with Gasteiger partial charge < -0.3 is 10.3 Å². The largest absolute Gasteiger partial charge is 0.354 e. The third-order valence-electron chi connectivity index (χ3n) is 4.59. The minimum Gasteiger partial charge on any atom is -0.354 e. The van der Waals surface area contributed by atoms with Gasteiger partial charge in [-0.15, -0.1) is 0 Å². The molecule has 0 spiro atoms. The number of quaternary nitrogens is 1. The summed E-state index contributed by atoms with van der Waals surface area (Å²) >= 11 is 0. The Labute approximate surface area is 162 Å². The van der Waals surface area contributed by atoms with E-state index in [4.69, 9.17) is 0 Å². The number of hydrogen-bond acceptors (Lipinski definition) is 3. The highest BCUT2D eigenvalue weighted by molar-refractivity contribution is 7.90. The molecular formula is C20H22F2N3O2S+. The first-order chi connectivity index (χ1) is 13.3. The van der Waals surface area contributed by atoms with Crippen molar-refractivity contribution in [1.82, 2.24) is 9.55 Å². The number of allylic oxidation sites excluding steroid dienone is 1. The molecular weight excluding hydrogens is 384 g/mol. The van der Waals surface area contributed by atoms with Crippen LogP contribution >= 0.6 is 0 Å². The maximum Gasteiger partial charge on any atom is 0.175 e. The minimum atomic E-state index is -3.40. The summed E-state index contributed by atoms with van der Waals surface area (Å²) in [5, 5.41) is 0. The Balaban J connectivity index is 2.30. The van der Waals surface area contributed by atoms with Gasteiger partial charge >= 0.3 is 0 Å². The Morgan fingerprint density at radius 2 is 2.04 bits per heavy atom. The molecule has 148 valence electrons. The van der Waals surface area contributed by atoms with Crippen molar-refractivity contribution in [2.75, 3.05) is 12.8 Å². The van der Waals surface area contributed by atoms with Crippen molar-refractivity contribution in [3.63, 3.8) is 0 Å². The lowest BCUT2D eigenvalue weighted by Crippen LogP contribution is -2.49. The first-order valence-electron chi connectivity index (χ1n) is 8.75. The molecule has 2 aromatic heterocycles. The molecule has 0 aliphatic rings. The van der Waals surface area contributed by atoms with E-state index in [0.717, 1.165) is 11.9 Å². The third kappa shape index (κ3) is 3.83. The molecule has 0 saturated carbocycles. The predicted octanol–water partition coefficient (Wildman–Crippen LogP) is 2.98. The van der Waals surface area contributed by atoms with Crippen molar-refractivity contribution in [2.45, 2.75) is 25.0 Å². The van der Waals surface area contributed by atoms with Crippen molar-refractivity contribution >= 4 is 20.9 Å². The minimum absolute atomic E-state index is 0.000270. The highest BCUT2D eigenvalue weighted by atomic mass is 32.2. The molecule has 0 unspecified atom stereocenters. The van der Waals surface area contributed by atoms with Crippen LogP contribution in [0.25, 0.3) is 22.2 Å². The van der Waals surface area contributed by atoms with Gasteiger partial charge in [-0.25, -0.2) is 22.2 Å². The average Bonchev–Trinajstić information content (AvgIpc) is 2.92. The van der Waals surface area contributed by atoms with E-state index in [1.54, 1.807) is 34.9 Å². The van der Waals surface area contributed by atoms with Crippen LogP contribution in [0.5, 0.6) is 0 Å². The lowest BCUT2D eigenvalue weighted by Gasteiger charge is -2.08. The number of pyridine rings is 1. The van der Waals surface area contributed by atoms with E-state index >= 15 is 0 Å². The molecule has 28 heavy (non-hydrogen) atoms. The Morgan fingerprint density at radius 3 is 2.68 bits per heavy atom. The van der Waals surface area contributed by atoms with Crippen molar-refractivity contribution < 1.29 is 22.9 Å². The van der Waals surface area contributed by atoms with Gasteiger partial charge in [-0.1, -0.05) is 12.1 Å². The molecule has 5 nitrogen and oxygen atoms in total. The summed E-state index contributed by atoms with van der Waals surface area (Å²) in [7, 11) is -3.40. The molecule has 1 aromatic carbocycles. The van der Waals surface area contributed by atoms with Gasteiger partial charge in [0.05, 0.1) is 34.7 Å². The number of nitrogens with zero attached hydrogens (tertiary/aromatic N) is 2. The monoisotopic (exact) mass is 406 g/mol. The highest BCUT2D eigenvalue weighted by Crippen LogP contribution is 2.35. The normalized spacial score (nSPS) is 12.7. The maximum absolute atomic E-state index is 14.2. The van der Waals surface area contributed by atoms with Crippen molar-refractivity contribution in [3.05, 3.63) is 59.7 Å². The molecule has 0 fully saturated rings. The number of hydrogen-bond donors (Lipinski definition) is 1. The maximum atomic E-state index is 14.2. The quantitative estimate of drug-likeness (QED) is 0.683. The van der Waals surface area contributed by atoms with Crippen LogP contribution in [0.3, 0.4) is 0 Å². The molecule has 0 radical (unpaired) electrons. The summed E-state index contributed by atoms with van der Waals surface area (Å²) in [5.74, 6) is -0.332. The van der Waals surface area contributed by atoms with Crippen LogP contribution in [0.2, 0.25) is 0 Å². The van der Waals surface area contributed by atoms with Gasteiger partial charge in [0.1, 0.15) is 12.5 Å². The summed E-state index contributed by atoms with van der Waals surface area (Å²) in [6.07, 6.45) is 2.54. The fraction of sp³-hybridized carbons (Fsp3) is 0.250. The van der Waals surface area contributed by atoms with E-state index < -0.39 is 16.5 Å². The molecule has 0 atom stereocenters. The topological polar surface area (TPSA) is 79.6 Å². The molecule has 0 aliphatic heterocycles. The zero-order valence-electron chi connectivity index (χ0n) is 15.7. The van der Waals surface area contributed by atoms with E-state index in [0.29, 0.717) is 28.7 Å². The van der Waals surface area contributed by atoms with Crippen LogP contribution in [0, 0.1) is 6.92 Å². The molecule has 0 saturated heterocycles. The van der Waals surface area contributed by atoms with Gasteiger partial charge in [0, 0.05) is 23.6 Å². The summed E-state index contributed by atoms with van der Waals surface area (Å²) in [5.41, 5.74) is 7.07. The number of fused-ring (bicyclic) bond motifs is 1. The zero-order valence-corrected chi connectivity index (χ0v) is 16.6. The van der Waals surface area contributed by atoms with Crippen LogP contribution in [0.4, 0.5) is 8.78 Å². The smallest absolute Gasteiger partial charge is 0.175 e. The summed E-state index contributed by atoms with van der Waals surface area (Å²) in [4.78, 5) is 4.57. The van der Waals surface area contributed by atoms with E-state index in [2.05, 4.69) is 10.7 Å². The van der Waals surface area contributed by atoms with E-state index in [1.165, 1.54) is 12.1 Å². The van der Waals surface area contributed by atoms with Crippen LogP contribution in [-0.4, -0.2) is 30.8 Å². The van der Waals surface area contributed by atoms with E-state index in [9.17, 15) is 17.2 Å². The van der Waals surface area contributed by atoms with Gasteiger partial charge in [0.15, 0.2) is 9.84 Å². The molecule has 0 aliphatic carbocycles. The highest BCUT2D eigenvalue weighted by Gasteiger charge is 2.19. The van der Waals surface area contributed by atoms with Crippen LogP contribution in [0.15, 0.2) is 53.2 Å². The lowest BCUT2D eigenvalue weighted by molar-refractivity contribution is -0.353. The molecule has 2 heterocycles. The number of rotatable bonds is 6. The van der Waals surface area contributed by atoms with Crippen molar-refractivity contribution in [3.8, 4) is 11.1 Å². The van der Waals surface area contributed by atoms with Gasteiger partial charge in [0.2, 0.25) is 0 Å². The standard InChI is InChI=1S/C20H21F2N3O2S/c1-13-19(14-4-3-5-17(10-14)28(2,26)27)20-18(7-6-16(11-21)24-20)25(13)12-15(22)8-9-23/h3-8,10H,9,11-12,23H2,1-2H3/p+1/b15-8-. The summed E-state index contributed by atoms with van der Waals surface area (Å²) in [6.45, 7) is 1.42. The molecule has 0 bridgehead atoms. The molecule has 8 heteroatoms. The second-order valence-corrected chi connectivity index (χ2v) is 8.61. The second kappa shape index (κ2) is 7.81. The SMILES string of the molecule is Cc1c(-c2cccc(S(C)(=O)=O)c2)c2nc(CF)ccc2n1C/C(F)=C/C[NH3+]. The number of benzene rings is 1. The average molecular weight is 406 g/mol. The molecule has 3 N–H and O–H groups in total. The van der Waals surface area contributed by atoms with Crippen molar-refractivity contribution in [1.29, 1.82) is 0 Å². The first kappa shape index (κ1) is 20.2. The second-order valence-electron chi connectivity index (χ2n) is 6.59. The van der Waals surface area contributed by atoms with Gasteiger partial charge in [-0.2, -0.15) is 0 Å². The van der Waals surface area contributed by atoms with E-state index in [-0.39, 0.29) is 23.0 Å². The van der Waals surface area contributed by atoms with Crippen LogP contribution in [0.1, 0.15) is 11.4 Å². The molecule has 0 amide bonds. The molecule has 3 aromatic rings. The first-order valence-corrected chi connectivity index (χ1v) is 10.6. The Hall–Kier alpha value is -2.58. The van der Waals surface area contributed by atoms with Gasteiger partial charge in [-0.05, 0) is 36.8 Å². The number of aromatic nitrogens is 2. The third-order valence-corrected chi connectivity index (χ3v) is 5.70. The Bertz CT molecular complexity index is 1170. The van der Waals surface area contributed by atoms with Crippen molar-refractivity contribution in [2.24, 2.45) is 0 Å². The zero-order chi connectivity index (χ0) is 20.5. The van der Waals surface area contributed by atoms with Gasteiger partial charge in [-0.3, -0.25) is 0 Å². The fourth-order valence-electron chi connectivity index (χ4n) is 3.26. The predicted molar refractivity (Wildman–Crippen MR) is 105 cm³/mol. The van der Waals surface area contributed by atoms with Crippen LogP contribution in [-0.2, 0) is 23.1 Å². The summed E-state index contributed by atoms with van der Waals surface area (Å²) < 4.78 is 53.1. The number of alkyl halides is 1. The molecule has 3 rings (SSSR count). The lowest BCUT2D eigenvalue weighted by atomic mass is 10.1. The summed E-state index contributed by atoms with van der Waals surface area (Å²) in [6, 6.07) is 9.78. The Kier molecular flexibility index (Phi) is 5.62. The Morgan fingerprint density at radius 1 is 1.29 bits per heavy atom. The number of halogens is 2. The van der Waals surface area contributed by atoms with E-state index in [1.807, 2.05) is 6.92 Å². The number of sulfone groups is 1. The van der Waals surface area contributed by atoms with Crippen LogP contribution < -0.4 is 5.73 Å². The van der Waals surface area contributed by atoms with Gasteiger partial charge in [0.25, 0.3) is 0 Å².